The van der Waals surface area contributed by atoms with Gasteiger partial charge in [-0.25, -0.2) is 0 Å². The number of carbonyl (C=O) groups excluding carboxylic acids is 1. The van der Waals surface area contributed by atoms with Crippen molar-refractivity contribution in [1.82, 2.24) is 25.0 Å². The van der Waals surface area contributed by atoms with Crippen molar-refractivity contribution in [2.24, 2.45) is 5.92 Å². The number of halogens is 1. The van der Waals surface area contributed by atoms with Crippen molar-refractivity contribution >= 4 is 21.7 Å². The third-order valence-corrected chi connectivity index (χ3v) is 5.64. The van der Waals surface area contributed by atoms with Crippen LogP contribution in [0.15, 0.2) is 53.0 Å². The fourth-order valence-corrected chi connectivity index (χ4v) is 3.83. The van der Waals surface area contributed by atoms with E-state index in [9.17, 15) is 4.79 Å². The Labute approximate surface area is 185 Å². The highest BCUT2D eigenvalue weighted by molar-refractivity contribution is 9.10. The summed E-state index contributed by atoms with van der Waals surface area (Å²) in [6, 6.07) is 15.2. The van der Waals surface area contributed by atoms with E-state index in [2.05, 4.69) is 36.3 Å². The first-order valence-electron chi connectivity index (χ1n) is 10.2. The Morgan fingerprint density at radius 1 is 1.13 bits per heavy atom. The molecule has 1 fully saturated rings. The van der Waals surface area contributed by atoms with E-state index in [1.54, 1.807) is 0 Å². The number of aromatic nitrogens is 3. The first-order valence-corrected chi connectivity index (χ1v) is 11.0. The van der Waals surface area contributed by atoms with Gasteiger partial charge in [-0.2, -0.15) is 0 Å². The van der Waals surface area contributed by atoms with Gasteiger partial charge in [0.25, 0.3) is 0 Å². The van der Waals surface area contributed by atoms with Crippen molar-refractivity contribution in [3.63, 3.8) is 0 Å². The van der Waals surface area contributed by atoms with Crippen LogP contribution in [0, 0.1) is 5.92 Å². The molecule has 0 amide bonds. The van der Waals surface area contributed by atoms with E-state index >= 15 is 0 Å². The van der Waals surface area contributed by atoms with Gasteiger partial charge in [0.15, 0.2) is 17.4 Å². The van der Waals surface area contributed by atoms with Crippen LogP contribution in [0.2, 0.25) is 0 Å². The molecule has 0 aliphatic heterocycles. The largest absolute Gasteiger partial charge is 0.310 e. The Morgan fingerprint density at radius 2 is 1.87 bits per heavy atom. The highest BCUT2D eigenvalue weighted by atomic mass is 79.9. The molecule has 0 radical (unpaired) electrons. The van der Waals surface area contributed by atoms with Gasteiger partial charge in [-0.1, -0.05) is 46.3 Å². The lowest BCUT2D eigenvalue weighted by Gasteiger charge is -2.17. The van der Waals surface area contributed by atoms with Crippen molar-refractivity contribution < 1.29 is 4.79 Å². The predicted molar refractivity (Wildman–Crippen MR) is 121 cm³/mol. The van der Waals surface area contributed by atoms with E-state index < -0.39 is 0 Å². The highest BCUT2D eigenvalue weighted by Gasteiger charge is 2.23. The second kappa shape index (κ2) is 9.20. The molecule has 0 bridgehead atoms. The fraction of sp³-hybridized carbons (Fsp3) is 0.348. The number of ketones is 1. The molecule has 0 atom stereocenters. The molecule has 3 aromatic rings. The third-order valence-electron chi connectivity index (χ3n) is 5.15. The summed E-state index contributed by atoms with van der Waals surface area (Å²) in [5.74, 6) is 2.39. The van der Waals surface area contributed by atoms with Crippen LogP contribution in [-0.4, -0.2) is 46.1 Å². The molecule has 0 unspecified atom stereocenters. The molecule has 1 aliphatic carbocycles. The van der Waals surface area contributed by atoms with Crippen LogP contribution in [0.5, 0.6) is 0 Å². The molecule has 30 heavy (non-hydrogen) atoms. The lowest BCUT2D eigenvalue weighted by atomic mass is 10.0. The normalized spacial score (nSPS) is 13.7. The molecule has 1 N–H and O–H groups in total. The van der Waals surface area contributed by atoms with Gasteiger partial charge in [0.05, 0.1) is 18.8 Å². The fourth-order valence-electron chi connectivity index (χ4n) is 3.47. The van der Waals surface area contributed by atoms with Crippen molar-refractivity contribution in [2.75, 3.05) is 20.6 Å². The van der Waals surface area contributed by atoms with Gasteiger partial charge in [0.1, 0.15) is 0 Å². The van der Waals surface area contributed by atoms with Gasteiger partial charge in [-0.05, 0) is 57.6 Å². The van der Waals surface area contributed by atoms with Crippen LogP contribution in [0.3, 0.4) is 0 Å². The number of nitrogens with one attached hydrogen (secondary N) is 1. The van der Waals surface area contributed by atoms with Crippen LogP contribution in [0.4, 0.5) is 0 Å². The van der Waals surface area contributed by atoms with E-state index in [4.69, 9.17) is 0 Å². The van der Waals surface area contributed by atoms with Gasteiger partial charge < -0.3 is 10.2 Å². The molecule has 0 saturated heterocycles. The predicted octanol–water partition coefficient (Wildman–Crippen LogP) is 3.82. The summed E-state index contributed by atoms with van der Waals surface area (Å²) in [5, 5.41) is 12.4. The molecule has 1 aliphatic rings. The summed E-state index contributed by atoms with van der Waals surface area (Å²) in [5.41, 5.74) is 2.09. The summed E-state index contributed by atoms with van der Waals surface area (Å²) in [6.07, 6.45) is 2.60. The number of nitrogens with zero attached hydrogens (tertiary/aromatic N) is 4. The molecule has 2 aromatic carbocycles. The average molecular weight is 468 g/mol. The zero-order valence-electron chi connectivity index (χ0n) is 17.3. The van der Waals surface area contributed by atoms with Gasteiger partial charge in [0.2, 0.25) is 0 Å². The molecule has 1 saturated carbocycles. The lowest BCUT2D eigenvalue weighted by molar-refractivity contribution is 0.103. The Bertz CT molecular complexity index is 1030. The monoisotopic (exact) mass is 467 g/mol. The number of hydrogen-bond donors (Lipinski definition) is 1. The SMILES string of the molecule is CN(C)Cc1nnc(CNCC2CC2)n1-c1ccc(Br)cc1C(=O)c1ccccc1. The quantitative estimate of drug-likeness (QED) is 0.484. The molecule has 0 spiro atoms. The topological polar surface area (TPSA) is 63.1 Å². The Morgan fingerprint density at radius 3 is 2.57 bits per heavy atom. The second-order valence-corrected chi connectivity index (χ2v) is 8.95. The van der Waals surface area contributed by atoms with Crippen molar-refractivity contribution in [3.8, 4) is 5.69 Å². The highest BCUT2D eigenvalue weighted by Crippen LogP contribution is 2.28. The van der Waals surface area contributed by atoms with Crippen LogP contribution in [0.1, 0.15) is 40.4 Å². The van der Waals surface area contributed by atoms with E-state index in [1.807, 2.05) is 67.2 Å². The third kappa shape index (κ3) is 4.86. The Hall–Kier alpha value is -2.35. The summed E-state index contributed by atoms with van der Waals surface area (Å²) in [4.78, 5) is 15.4. The van der Waals surface area contributed by atoms with E-state index in [1.165, 1.54) is 12.8 Å². The van der Waals surface area contributed by atoms with Gasteiger partial charge in [-0.3, -0.25) is 9.36 Å². The molecular formula is C23H26BrN5O. The van der Waals surface area contributed by atoms with Crippen molar-refractivity contribution in [1.29, 1.82) is 0 Å². The number of rotatable bonds is 9. The Kier molecular flexibility index (Phi) is 6.41. The molecular weight excluding hydrogens is 442 g/mol. The van der Waals surface area contributed by atoms with E-state index in [-0.39, 0.29) is 5.78 Å². The zero-order chi connectivity index (χ0) is 21.1. The number of hydrogen-bond acceptors (Lipinski definition) is 5. The first-order chi connectivity index (χ1) is 14.5. The van der Waals surface area contributed by atoms with Crippen molar-refractivity contribution in [2.45, 2.75) is 25.9 Å². The maximum atomic E-state index is 13.4. The summed E-state index contributed by atoms with van der Waals surface area (Å²) in [7, 11) is 4.00. The molecule has 156 valence electrons. The van der Waals surface area contributed by atoms with Crippen LogP contribution in [0.25, 0.3) is 5.69 Å². The Balaban J connectivity index is 1.76. The minimum atomic E-state index is -0.0201. The van der Waals surface area contributed by atoms with E-state index in [0.29, 0.717) is 24.2 Å². The molecule has 1 aromatic heterocycles. The minimum absolute atomic E-state index is 0.0201. The smallest absolute Gasteiger partial charge is 0.195 e. The maximum Gasteiger partial charge on any atom is 0.195 e. The zero-order valence-corrected chi connectivity index (χ0v) is 18.9. The molecule has 4 rings (SSSR count). The van der Waals surface area contributed by atoms with Gasteiger partial charge in [-0.15, -0.1) is 10.2 Å². The summed E-state index contributed by atoms with van der Waals surface area (Å²) in [6.45, 7) is 2.24. The van der Waals surface area contributed by atoms with Crippen molar-refractivity contribution in [3.05, 3.63) is 75.8 Å². The standard InChI is InChI=1S/C23H26BrN5O/c1-28(2)15-22-27-26-21(14-25-13-16-8-9-16)29(22)20-11-10-18(24)12-19(20)23(30)17-6-4-3-5-7-17/h3-7,10-12,16,25H,8-9,13-15H2,1-2H3. The molecule has 6 nitrogen and oxygen atoms in total. The number of carbonyl (C=O) groups is 1. The number of benzene rings is 2. The minimum Gasteiger partial charge on any atom is -0.310 e. The molecule has 1 heterocycles. The maximum absolute atomic E-state index is 13.4. The molecule has 7 heteroatoms. The van der Waals surface area contributed by atoms with E-state index in [0.717, 1.165) is 34.3 Å². The average Bonchev–Trinajstić information content (AvgIpc) is 3.48. The summed E-state index contributed by atoms with van der Waals surface area (Å²) < 4.78 is 2.89. The first kappa shape index (κ1) is 20.9. The summed E-state index contributed by atoms with van der Waals surface area (Å²) >= 11 is 3.53. The second-order valence-electron chi connectivity index (χ2n) is 8.04. The van der Waals surface area contributed by atoms with Crippen LogP contribution in [-0.2, 0) is 13.1 Å². The van der Waals surface area contributed by atoms with Gasteiger partial charge in [0, 0.05) is 15.6 Å². The van der Waals surface area contributed by atoms with Crippen LogP contribution >= 0.6 is 15.9 Å². The van der Waals surface area contributed by atoms with Crippen LogP contribution < -0.4 is 5.32 Å². The lowest BCUT2D eigenvalue weighted by Crippen LogP contribution is -2.22. The van der Waals surface area contributed by atoms with Gasteiger partial charge >= 0.3 is 0 Å².